The van der Waals surface area contributed by atoms with Crippen LogP contribution < -0.4 is 10.1 Å². The largest absolute Gasteiger partial charge is 0.478 e. The molecule has 1 aromatic rings. The van der Waals surface area contributed by atoms with Crippen molar-refractivity contribution in [3.63, 3.8) is 0 Å². The zero-order chi connectivity index (χ0) is 9.36. The molecule has 1 rings (SSSR count). The minimum atomic E-state index is 0.601. The van der Waals surface area contributed by atoms with Gasteiger partial charge < -0.3 is 4.74 Å². The molecule has 13 heavy (non-hydrogen) atoms. The van der Waals surface area contributed by atoms with Crippen LogP contribution in [0.3, 0.4) is 0 Å². The molecule has 0 aliphatic rings. The van der Waals surface area contributed by atoms with Crippen molar-refractivity contribution in [3.8, 4) is 5.75 Å². The van der Waals surface area contributed by atoms with Crippen LogP contribution in [0.5, 0.6) is 5.75 Å². The second-order valence-corrected chi connectivity index (χ2v) is 2.96. The predicted molar refractivity (Wildman–Crippen MR) is 54.8 cm³/mol. The lowest BCUT2D eigenvalue weighted by atomic mass is 10.3. The maximum Gasteiger partial charge on any atom is 0.139 e. The van der Waals surface area contributed by atoms with Crippen molar-refractivity contribution in [1.82, 2.24) is 5.32 Å². The molecule has 0 amide bonds. The molecule has 0 unspecified atom stereocenters. The minimum absolute atomic E-state index is 0.601. The molecule has 0 heterocycles. The van der Waals surface area contributed by atoms with Crippen molar-refractivity contribution in [2.75, 3.05) is 13.3 Å². The van der Waals surface area contributed by atoms with Crippen LogP contribution in [0.2, 0.25) is 0 Å². The van der Waals surface area contributed by atoms with Gasteiger partial charge in [0.2, 0.25) is 0 Å². The van der Waals surface area contributed by atoms with E-state index in [0.717, 1.165) is 12.3 Å². The van der Waals surface area contributed by atoms with Crippen LogP contribution in [0.15, 0.2) is 30.3 Å². The van der Waals surface area contributed by atoms with E-state index in [4.69, 9.17) is 4.74 Å². The predicted octanol–water partition coefficient (Wildman–Crippen LogP) is 2.41. The third-order valence-electron chi connectivity index (χ3n) is 1.79. The third-order valence-corrected chi connectivity index (χ3v) is 1.79. The fourth-order valence-corrected chi connectivity index (χ4v) is 1.03. The first-order valence-corrected chi connectivity index (χ1v) is 4.82. The summed E-state index contributed by atoms with van der Waals surface area (Å²) in [5, 5.41) is 3.21. The molecule has 0 saturated carbocycles. The molecule has 1 aromatic carbocycles. The van der Waals surface area contributed by atoms with Gasteiger partial charge in [-0.05, 0) is 25.1 Å². The van der Waals surface area contributed by atoms with E-state index < -0.39 is 0 Å². The van der Waals surface area contributed by atoms with Gasteiger partial charge in [-0.25, -0.2) is 0 Å². The second kappa shape index (κ2) is 6.49. The Balaban J connectivity index is 2.07. The van der Waals surface area contributed by atoms with Gasteiger partial charge in [-0.1, -0.05) is 31.5 Å². The SMILES string of the molecule is CCCCNCOc1ccccc1. The average Bonchev–Trinajstić information content (AvgIpc) is 2.19. The molecular formula is C11H17NO. The molecule has 0 atom stereocenters. The Morgan fingerprint density at radius 1 is 1.23 bits per heavy atom. The Morgan fingerprint density at radius 2 is 2.00 bits per heavy atom. The number of unbranched alkanes of at least 4 members (excludes halogenated alkanes) is 1. The van der Waals surface area contributed by atoms with Crippen molar-refractivity contribution in [1.29, 1.82) is 0 Å². The topological polar surface area (TPSA) is 21.3 Å². The van der Waals surface area contributed by atoms with Gasteiger partial charge in [0.25, 0.3) is 0 Å². The van der Waals surface area contributed by atoms with Crippen molar-refractivity contribution in [2.24, 2.45) is 0 Å². The average molecular weight is 179 g/mol. The number of rotatable bonds is 6. The lowest BCUT2D eigenvalue weighted by molar-refractivity contribution is 0.283. The molecule has 0 bridgehead atoms. The summed E-state index contributed by atoms with van der Waals surface area (Å²) < 4.78 is 5.44. The van der Waals surface area contributed by atoms with Crippen LogP contribution in [-0.2, 0) is 0 Å². The summed E-state index contributed by atoms with van der Waals surface area (Å²) in [6.45, 7) is 3.81. The lowest BCUT2D eigenvalue weighted by Gasteiger charge is -2.06. The van der Waals surface area contributed by atoms with Gasteiger partial charge >= 0.3 is 0 Å². The van der Waals surface area contributed by atoms with Gasteiger partial charge in [0.05, 0.1) is 0 Å². The maximum atomic E-state index is 5.44. The van der Waals surface area contributed by atoms with Gasteiger partial charge in [-0.3, -0.25) is 5.32 Å². The molecule has 1 N–H and O–H groups in total. The zero-order valence-electron chi connectivity index (χ0n) is 8.12. The van der Waals surface area contributed by atoms with Crippen molar-refractivity contribution in [2.45, 2.75) is 19.8 Å². The summed E-state index contributed by atoms with van der Waals surface area (Å²) in [7, 11) is 0. The smallest absolute Gasteiger partial charge is 0.139 e. The summed E-state index contributed by atoms with van der Waals surface area (Å²) in [5.74, 6) is 0.923. The first-order valence-electron chi connectivity index (χ1n) is 4.82. The molecule has 0 spiro atoms. The highest BCUT2D eigenvalue weighted by Gasteiger charge is 1.89. The maximum absolute atomic E-state index is 5.44. The fourth-order valence-electron chi connectivity index (χ4n) is 1.03. The fraction of sp³-hybridized carbons (Fsp3) is 0.455. The Labute approximate surface area is 79.9 Å². The van der Waals surface area contributed by atoms with E-state index in [2.05, 4.69) is 12.2 Å². The van der Waals surface area contributed by atoms with Crippen molar-refractivity contribution >= 4 is 0 Å². The highest BCUT2D eigenvalue weighted by atomic mass is 16.5. The molecule has 72 valence electrons. The first-order chi connectivity index (χ1) is 6.43. The third kappa shape index (κ3) is 4.53. The van der Waals surface area contributed by atoms with Crippen LogP contribution in [0.25, 0.3) is 0 Å². The molecule has 0 aromatic heterocycles. The Kier molecular flexibility index (Phi) is 5.02. The number of ether oxygens (including phenoxy) is 1. The monoisotopic (exact) mass is 179 g/mol. The summed E-state index contributed by atoms with van der Waals surface area (Å²) in [6, 6.07) is 9.85. The standard InChI is InChI=1S/C11H17NO/c1-2-3-9-12-10-13-11-7-5-4-6-8-11/h4-8,12H,2-3,9-10H2,1H3. The summed E-state index contributed by atoms with van der Waals surface area (Å²) in [5.41, 5.74) is 0. The van der Waals surface area contributed by atoms with Crippen LogP contribution in [0, 0.1) is 0 Å². The number of hydrogen-bond donors (Lipinski definition) is 1. The van der Waals surface area contributed by atoms with E-state index in [0.29, 0.717) is 6.73 Å². The lowest BCUT2D eigenvalue weighted by Crippen LogP contribution is -2.20. The molecule has 0 saturated heterocycles. The number of hydrogen-bond acceptors (Lipinski definition) is 2. The number of benzene rings is 1. The van der Waals surface area contributed by atoms with Gasteiger partial charge in [-0.2, -0.15) is 0 Å². The van der Waals surface area contributed by atoms with E-state index in [1.807, 2.05) is 30.3 Å². The molecule has 0 aliphatic heterocycles. The molecular weight excluding hydrogens is 162 g/mol. The van der Waals surface area contributed by atoms with E-state index in [1.165, 1.54) is 12.8 Å². The second-order valence-electron chi connectivity index (χ2n) is 2.96. The highest BCUT2D eigenvalue weighted by molar-refractivity contribution is 5.20. The number of para-hydroxylation sites is 1. The van der Waals surface area contributed by atoms with Crippen LogP contribution in [0.4, 0.5) is 0 Å². The highest BCUT2D eigenvalue weighted by Crippen LogP contribution is 2.06. The zero-order valence-corrected chi connectivity index (χ0v) is 8.12. The van der Waals surface area contributed by atoms with Crippen molar-refractivity contribution < 1.29 is 4.74 Å². The quantitative estimate of drug-likeness (QED) is 0.535. The van der Waals surface area contributed by atoms with Gasteiger partial charge in [0.15, 0.2) is 0 Å². The Hall–Kier alpha value is -1.02. The first kappa shape index (κ1) is 10.1. The molecule has 2 heteroatoms. The molecule has 2 nitrogen and oxygen atoms in total. The summed E-state index contributed by atoms with van der Waals surface area (Å²) in [4.78, 5) is 0. The van der Waals surface area contributed by atoms with Gasteiger partial charge in [-0.15, -0.1) is 0 Å². The van der Waals surface area contributed by atoms with Crippen LogP contribution >= 0.6 is 0 Å². The summed E-state index contributed by atoms with van der Waals surface area (Å²) >= 11 is 0. The van der Waals surface area contributed by atoms with Crippen LogP contribution in [-0.4, -0.2) is 13.3 Å². The van der Waals surface area contributed by atoms with Crippen LogP contribution in [0.1, 0.15) is 19.8 Å². The van der Waals surface area contributed by atoms with Crippen molar-refractivity contribution in [3.05, 3.63) is 30.3 Å². The normalized spacial score (nSPS) is 9.92. The molecule has 0 fully saturated rings. The van der Waals surface area contributed by atoms with E-state index in [-0.39, 0.29) is 0 Å². The number of nitrogens with one attached hydrogen (secondary N) is 1. The van der Waals surface area contributed by atoms with E-state index in [1.54, 1.807) is 0 Å². The minimum Gasteiger partial charge on any atom is -0.478 e. The van der Waals surface area contributed by atoms with Gasteiger partial charge in [0, 0.05) is 0 Å². The molecule has 0 radical (unpaired) electrons. The Bertz CT molecular complexity index is 211. The molecule has 0 aliphatic carbocycles. The van der Waals surface area contributed by atoms with Gasteiger partial charge in [0.1, 0.15) is 12.5 Å². The summed E-state index contributed by atoms with van der Waals surface area (Å²) in [6.07, 6.45) is 2.43. The Morgan fingerprint density at radius 3 is 2.69 bits per heavy atom. The van der Waals surface area contributed by atoms with E-state index >= 15 is 0 Å². The van der Waals surface area contributed by atoms with E-state index in [9.17, 15) is 0 Å².